The average Bonchev–Trinajstić information content (AvgIpc) is 3.11. The van der Waals surface area contributed by atoms with Gasteiger partial charge >= 0.3 is 6.03 Å². The Labute approximate surface area is 148 Å². The molecule has 3 rings (SSSR count). The molecule has 0 aliphatic heterocycles. The van der Waals surface area contributed by atoms with Gasteiger partial charge in [0.1, 0.15) is 0 Å². The second-order valence-electron chi connectivity index (χ2n) is 6.79. The van der Waals surface area contributed by atoms with Crippen LogP contribution >= 0.6 is 0 Å². The summed E-state index contributed by atoms with van der Waals surface area (Å²) in [6, 6.07) is 5.86. The van der Waals surface area contributed by atoms with Crippen molar-refractivity contribution in [1.29, 1.82) is 0 Å². The zero-order chi connectivity index (χ0) is 18.0. The van der Waals surface area contributed by atoms with E-state index in [4.69, 9.17) is 0 Å². The van der Waals surface area contributed by atoms with Crippen molar-refractivity contribution in [3.63, 3.8) is 0 Å². The van der Waals surface area contributed by atoms with Crippen molar-refractivity contribution >= 4 is 6.03 Å². The van der Waals surface area contributed by atoms with Gasteiger partial charge in [-0.3, -0.25) is 0 Å². The molecule has 0 radical (unpaired) electrons. The predicted molar refractivity (Wildman–Crippen MR) is 97.9 cm³/mol. The molecule has 2 atom stereocenters. The highest BCUT2D eigenvalue weighted by Crippen LogP contribution is 2.33. The third kappa shape index (κ3) is 3.73. The number of amides is 2. The molecular weight excluding hydrogens is 314 g/mol. The quantitative estimate of drug-likeness (QED) is 0.841. The number of carbonyl (C=O) groups is 1. The Balaban J connectivity index is 1.75. The van der Waals surface area contributed by atoms with E-state index in [2.05, 4.69) is 39.8 Å². The van der Waals surface area contributed by atoms with Crippen LogP contribution in [0.2, 0.25) is 0 Å². The second-order valence-corrected chi connectivity index (χ2v) is 6.79. The SMILES string of the molecule is Cc1nn(-c2ccccn2)c(C)c1C1C=CC(NC(=O)NC(C)C)C1. The summed E-state index contributed by atoms with van der Waals surface area (Å²) in [5.41, 5.74) is 3.32. The van der Waals surface area contributed by atoms with Crippen LogP contribution in [0, 0.1) is 13.8 Å². The van der Waals surface area contributed by atoms with Gasteiger partial charge in [0, 0.05) is 35.5 Å². The van der Waals surface area contributed by atoms with E-state index in [9.17, 15) is 4.79 Å². The van der Waals surface area contributed by atoms with Crippen molar-refractivity contribution in [2.45, 2.75) is 52.1 Å². The molecule has 0 saturated heterocycles. The number of rotatable bonds is 4. The van der Waals surface area contributed by atoms with E-state index in [0.717, 1.165) is 23.6 Å². The predicted octanol–water partition coefficient (Wildman–Crippen LogP) is 3.00. The van der Waals surface area contributed by atoms with Crippen molar-refractivity contribution in [2.24, 2.45) is 0 Å². The Hall–Kier alpha value is -2.63. The summed E-state index contributed by atoms with van der Waals surface area (Å²) in [6.07, 6.45) is 6.86. The van der Waals surface area contributed by atoms with Crippen LogP contribution in [0.3, 0.4) is 0 Å². The fourth-order valence-corrected chi connectivity index (χ4v) is 3.39. The molecule has 0 saturated carbocycles. The first-order chi connectivity index (χ1) is 12.0. The van der Waals surface area contributed by atoms with Crippen molar-refractivity contribution in [1.82, 2.24) is 25.4 Å². The molecule has 25 heavy (non-hydrogen) atoms. The Kier molecular flexibility index (Phi) is 4.88. The van der Waals surface area contributed by atoms with Crippen LogP contribution < -0.4 is 10.6 Å². The average molecular weight is 339 g/mol. The van der Waals surface area contributed by atoms with Crippen LogP contribution in [-0.2, 0) is 0 Å². The van der Waals surface area contributed by atoms with Gasteiger partial charge in [0.25, 0.3) is 0 Å². The van der Waals surface area contributed by atoms with Gasteiger partial charge < -0.3 is 10.6 Å². The number of aryl methyl sites for hydroxylation is 1. The molecule has 6 nitrogen and oxygen atoms in total. The van der Waals surface area contributed by atoms with Crippen molar-refractivity contribution in [2.75, 3.05) is 0 Å². The fraction of sp³-hybridized carbons (Fsp3) is 0.421. The van der Waals surface area contributed by atoms with Crippen LogP contribution in [0.1, 0.15) is 43.1 Å². The van der Waals surface area contributed by atoms with Crippen LogP contribution in [0.4, 0.5) is 4.79 Å². The summed E-state index contributed by atoms with van der Waals surface area (Å²) in [5.74, 6) is 1.07. The van der Waals surface area contributed by atoms with Gasteiger partial charge in [-0.15, -0.1) is 0 Å². The summed E-state index contributed by atoms with van der Waals surface area (Å²) in [4.78, 5) is 16.3. The third-order valence-corrected chi connectivity index (χ3v) is 4.40. The van der Waals surface area contributed by atoms with E-state index >= 15 is 0 Å². The number of nitrogens with one attached hydrogen (secondary N) is 2. The molecule has 0 aromatic carbocycles. The Morgan fingerprint density at radius 3 is 2.76 bits per heavy atom. The number of hydrogen-bond acceptors (Lipinski definition) is 3. The van der Waals surface area contributed by atoms with Gasteiger partial charge in [0.05, 0.1) is 5.69 Å². The second kappa shape index (κ2) is 7.09. The van der Waals surface area contributed by atoms with Gasteiger partial charge in [0.2, 0.25) is 0 Å². The van der Waals surface area contributed by atoms with Crippen LogP contribution in [-0.4, -0.2) is 32.9 Å². The standard InChI is InChI=1S/C19H25N5O/c1-12(2)21-19(25)22-16-9-8-15(11-16)18-13(3)23-24(14(18)4)17-7-5-6-10-20-17/h5-10,12,15-16H,11H2,1-4H3,(H2,21,22,25). The summed E-state index contributed by atoms with van der Waals surface area (Å²) >= 11 is 0. The zero-order valence-corrected chi connectivity index (χ0v) is 15.2. The van der Waals surface area contributed by atoms with Crippen LogP contribution in [0.5, 0.6) is 0 Å². The highest BCUT2D eigenvalue weighted by Gasteiger charge is 2.27. The van der Waals surface area contributed by atoms with Gasteiger partial charge in [-0.25, -0.2) is 14.5 Å². The lowest BCUT2D eigenvalue weighted by molar-refractivity contribution is 0.236. The molecule has 0 spiro atoms. The number of carbonyl (C=O) groups excluding carboxylic acids is 1. The smallest absolute Gasteiger partial charge is 0.315 e. The van der Waals surface area contributed by atoms with E-state index < -0.39 is 0 Å². The normalized spacial score (nSPS) is 19.4. The summed E-state index contributed by atoms with van der Waals surface area (Å²) < 4.78 is 1.89. The maximum absolute atomic E-state index is 11.9. The molecule has 0 fully saturated rings. The highest BCUT2D eigenvalue weighted by atomic mass is 16.2. The maximum Gasteiger partial charge on any atom is 0.315 e. The molecule has 1 aliphatic rings. The monoisotopic (exact) mass is 339 g/mol. The number of allylic oxidation sites excluding steroid dienone is 1. The van der Waals surface area contributed by atoms with Gasteiger partial charge in [0.15, 0.2) is 5.82 Å². The lowest BCUT2D eigenvalue weighted by Crippen LogP contribution is -2.43. The first-order valence-electron chi connectivity index (χ1n) is 8.68. The van der Waals surface area contributed by atoms with E-state index in [1.165, 1.54) is 5.56 Å². The minimum atomic E-state index is -0.122. The molecule has 2 aromatic heterocycles. The lowest BCUT2D eigenvalue weighted by Gasteiger charge is -2.16. The molecule has 2 heterocycles. The minimum Gasteiger partial charge on any atom is -0.336 e. The largest absolute Gasteiger partial charge is 0.336 e. The molecule has 6 heteroatoms. The molecule has 2 unspecified atom stereocenters. The fourth-order valence-electron chi connectivity index (χ4n) is 3.39. The zero-order valence-electron chi connectivity index (χ0n) is 15.2. The van der Waals surface area contributed by atoms with Crippen molar-refractivity contribution < 1.29 is 4.79 Å². The topological polar surface area (TPSA) is 71.8 Å². The molecule has 2 amide bonds. The number of aromatic nitrogens is 3. The van der Waals surface area contributed by atoms with E-state index in [1.807, 2.05) is 43.7 Å². The number of nitrogens with zero attached hydrogens (tertiary/aromatic N) is 3. The summed E-state index contributed by atoms with van der Waals surface area (Å²) in [7, 11) is 0. The molecular formula is C19H25N5O. The van der Waals surface area contributed by atoms with Crippen molar-refractivity contribution in [3.05, 3.63) is 53.5 Å². The molecule has 2 aromatic rings. The minimum absolute atomic E-state index is 0.0424. The molecule has 132 valence electrons. The molecule has 2 N–H and O–H groups in total. The first kappa shape index (κ1) is 17.2. The Morgan fingerprint density at radius 1 is 1.28 bits per heavy atom. The Bertz CT molecular complexity index is 779. The number of pyridine rings is 1. The van der Waals surface area contributed by atoms with Gasteiger partial charge in [-0.05, 0) is 46.2 Å². The third-order valence-electron chi connectivity index (χ3n) is 4.40. The van der Waals surface area contributed by atoms with Crippen LogP contribution in [0.25, 0.3) is 5.82 Å². The summed E-state index contributed by atoms with van der Waals surface area (Å²) in [6.45, 7) is 8.00. The Morgan fingerprint density at radius 2 is 2.08 bits per heavy atom. The van der Waals surface area contributed by atoms with Gasteiger partial charge in [-0.2, -0.15) is 5.10 Å². The molecule has 0 bridgehead atoms. The lowest BCUT2D eigenvalue weighted by atomic mass is 9.96. The summed E-state index contributed by atoms with van der Waals surface area (Å²) in [5, 5.41) is 10.5. The number of urea groups is 1. The van der Waals surface area contributed by atoms with Crippen molar-refractivity contribution in [3.8, 4) is 5.82 Å². The van der Waals surface area contributed by atoms with Crippen LogP contribution in [0.15, 0.2) is 36.5 Å². The van der Waals surface area contributed by atoms with Gasteiger partial charge in [-0.1, -0.05) is 18.2 Å². The number of hydrogen-bond donors (Lipinski definition) is 2. The highest BCUT2D eigenvalue weighted by molar-refractivity contribution is 5.74. The van der Waals surface area contributed by atoms with E-state index in [-0.39, 0.29) is 24.0 Å². The maximum atomic E-state index is 11.9. The molecule has 1 aliphatic carbocycles. The van der Waals surface area contributed by atoms with E-state index in [1.54, 1.807) is 6.20 Å². The first-order valence-corrected chi connectivity index (χ1v) is 8.68. The van der Waals surface area contributed by atoms with E-state index in [0.29, 0.717) is 0 Å².